The number of nitrogens with one attached hydrogen (secondary N) is 2. The first kappa shape index (κ1) is 22.7. The zero-order chi connectivity index (χ0) is 22.4. The Labute approximate surface area is 184 Å². The van der Waals surface area contributed by atoms with Crippen LogP contribution in [0.15, 0.2) is 39.9 Å². The molecule has 1 fully saturated rings. The second-order valence-corrected chi connectivity index (χ2v) is 8.81. The van der Waals surface area contributed by atoms with E-state index in [4.69, 9.17) is 9.15 Å². The van der Waals surface area contributed by atoms with E-state index in [0.717, 1.165) is 36.6 Å². The highest BCUT2D eigenvalue weighted by molar-refractivity contribution is 5.80. The number of rotatable bonds is 5. The second-order valence-electron chi connectivity index (χ2n) is 8.81. The lowest BCUT2D eigenvalue weighted by molar-refractivity contribution is 0.0507. The first-order valence-electron chi connectivity index (χ1n) is 10.7. The number of hydrogen-bond acceptors (Lipinski definition) is 5. The van der Waals surface area contributed by atoms with Crippen molar-refractivity contribution >= 4 is 12.1 Å². The number of oxazole rings is 1. The molecule has 0 bridgehead atoms. The minimum atomic E-state index is -0.500. The predicted molar refractivity (Wildman–Crippen MR) is 121 cm³/mol. The highest BCUT2D eigenvalue weighted by Crippen LogP contribution is 2.19. The maximum absolute atomic E-state index is 12.0. The molecule has 8 nitrogen and oxygen atoms in total. The standard InChI is InChI=1S/C23H33N5O3/c1-16-6-8-17(9-7-16)20-26-19(15-30-20)10-12-25-21(24-5)28-13-11-18(14-28)27-22(29)31-23(2,3)4/h6-9,15,18H,10-14H2,1-5H3,(H,24,25)(H,27,29). The zero-order valence-corrected chi connectivity index (χ0v) is 19.1. The normalized spacial score (nSPS) is 17.0. The Bertz CT molecular complexity index is 899. The Morgan fingerprint density at radius 3 is 2.74 bits per heavy atom. The van der Waals surface area contributed by atoms with Crippen LogP contribution < -0.4 is 10.6 Å². The minimum Gasteiger partial charge on any atom is -0.444 e. The average molecular weight is 428 g/mol. The average Bonchev–Trinajstić information content (AvgIpc) is 3.34. The van der Waals surface area contributed by atoms with Gasteiger partial charge in [-0.25, -0.2) is 9.78 Å². The van der Waals surface area contributed by atoms with Crippen molar-refractivity contribution in [3.63, 3.8) is 0 Å². The molecule has 1 atom stereocenters. The van der Waals surface area contributed by atoms with Crippen LogP contribution in [0.5, 0.6) is 0 Å². The summed E-state index contributed by atoms with van der Waals surface area (Å²) in [6.45, 7) is 9.84. The molecule has 0 spiro atoms. The fourth-order valence-corrected chi connectivity index (χ4v) is 3.43. The number of carbonyl (C=O) groups excluding carboxylic acids is 1. The second kappa shape index (κ2) is 9.85. The minimum absolute atomic E-state index is 0.0426. The molecule has 1 aliphatic rings. The van der Waals surface area contributed by atoms with Gasteiger partial charge in [0.1, 0.15) is 11.9 Å². The number of aromatic nitrogens is 1. The van der Waals surface area contributed by atoms with Crippen molar-refractivity contribution in [2.45, 2.75) is 52.2 Å². The molecule has 1 aliphatic heterocycles. The number of hydrogen-bond donors (Lipinski definition) is 2. The number of aryl methyl sites for hydroxylation is 1. The third-order valence-corrected chi connectivity index (χ3v) is 4.93. The molecule has 1 aromatic carbocycles. The predicted octanol–water partition coefficient (Wildman–Crippen LogP) is 3.37. The number of carbonyl (C=O) groups is 1. The summed E-state index contributed by atoms with van der Waals surface area (Å²) in [6, 6.07) is 8.17. The Hall–Kier alpha value is -3.03. The summed E-state index contributed by atoms with van der Waals surface area (Å²) >= 11 is 0. The molecule has 1 unspecified atom stereocenters. The quantitative estimate of drug-likeness (QED) is 0.562. The fourth-order valence-electron chi connectivity index (χ4n) is 3.43. The Morgan fingerprint density at radius 2 is 2.06 bits per heavy atom. The summed E-state index contributed by atoms with van der Waals surface area (Å²) < 4.78 is 11.0. The lowest BCUT2D eigenvalue weighted by Gasteiger charge is -2.23. The summed E-state index contributed by atoms with van der Waals surface area (Å²) in [6.07, 6.45) is 2.90. The lowest BCUT2D eigenvalue weighted by atomic mass is 10.1. The zero-order valence-electron chi connectivity index (χ0n) is 19.1. The molecule has 2 heterocycles. The summed E-state index contributed by atoms with van der Waals surface area (Å²) in [7, 11) is 1.77. The van der Waals surface area contributed by atoms with E-state index < -0.39 is 5.60 Å². The molecule has 2 N–H and O–H groups in total. The number of benzene rings is 1. The number of amides is 1. The topological polar surface area (TPSA) is 92.0 Å². The molecule has 1 saturated heterocycles. The van der Waals surface area contributed by atoms with Gasteiger partial charge in [-0.3, -0.25) is 4.99 Å². The molecule has 2 aromatic rings. The van der Waals surface area contributed by atoms with Crippen LogP contribution in [0.3, 0.4) is 0 Å². The van der Waals surface area contributed by atoms with Crippen molar-refractivity contribution in [1.29, 1.82) is 0 Å². The van der Waals surface area contributed by atoms with Crippen LogP contribution >= 0.6 is 0 Å². The van der Waals surface area contributed by atoms with E-state index in [0.29, 0.717) is 19.0 Å². The van der Waals surface area contributed by atoms with Crippen molar-refractivity contribution < 1.29 is 13.9 Å². The van der Waals surface area contributed by atoms with E-state index in [1.165, 1.54) is 5.56 Å². The molecule has 1 aromatic heterocycles. The van der Waals surface area contributed by atoms with Gasteiger partial charge < -0.3 is 24.7 Å². The van der Waals surface area contributed by atoms with Crippen LogP contribution in [0.1, 0.15) is 38.4 Å². The first-order valence-corrected chi connectivity index (χ1v) is 10.7. The van der Waals surface area contributed by atoms with E-state index in [1.807, 2.05) is 45.0 Å². The third kappa shape index (κ3) is 6.73. The van der Waals surface area contributed by atoms with Crippen molar-refractivity contribution in [1.82, 2.24) is 20.5 Å². The van der Waals surface area contributed by atoms with Gasteiger partial charge in [0.2, 0.25) is 5.89 Å². The summed E-state index contributed by atoms with van der Waals surface area (Å²) in [4.78, 5) is 23.1. The Kier molecular flexibility index (Phi) is 7.20. The molecule has 0 saturated carbocycles. The molecular weight excluding hydrogens is 394 g/mol. The van der Waals surface area contributed by atoms with Gasteiger partial charge in [-0.2, -0.15) is 0 Å². The Balaban J connectivity index is 1.45. The number of alkyl carbamates (subject to hydrolysis) is 1. The van der Waals surface area contributed by atoms with Gasteiger partial charge in [-0.1, -0.05) is 17.7 Å². The molecule has 31 heavy (non-hydrogen) atoms. The van der Waals surface area contributed by atoms with Gasteiger partial charge in [0.15, 0.2) is 5.96 Å². The van der Waals surface area contributed by atoms with Gasteiger partial charge in [0.25, 0.3) is 0 Å². The third-order valence-electron chi connectivity index (χ3n) is 4.93. The van der Waals surface area contributed by atoms with E-state index >= 15 is 0 Å². The molecule has 0 aliphatic carbocycles. The molecule has 1 amide bonds. The van der Waals surface area contributed by atoms with Gasteiger partial charge >= 0.3 is 6.09 Å². The van der Waals surface area contributed by atoms with E-state index in [9.17, 15) is 4.79 Å². The number of aliphatic imine (C=N–C) groups is 1. The van der Waals surface area contributed by atoms with E-state index in [-0.39, 0.29) is 12.1 Å². The molecule has 8 heteroatoms. The van der Waals surface area contributed by atoms with Crippen LogP contribution in [-0.2, 0) is 11.2 Å². The van der Waals surface area contributed by atoms with Crippen LogP contribution in [-0.4, -0.2) is 60.3 Å². The van der Waals surface area contributed by atoms with Crippen molar-refractivity contribution in [2.24, 2.45) is 4.99 Å². The SMILES string of the molecule is CN=C(NCCc1coc(-c2ccc(C)cc2)n1)N1CCC(NC(=O)OC(C)(C)C)C1. The van der Waals surface area contributed by atoms with Crippen LogP contribution in [0.4, 0.5) is 4.79 Å². The van der Waals surface area contributed by atoms with Crippen LogP contribution in [0.2, 0.25) is 0 Å². The van der Waals surface area contributed by atoms with E-state index in [2.05, 4.69) is 32.4 Å². The maximum atomic E-state index is 12.0. The van der Waals surface area contributed by atoms with Crippen molar-refractivity contribution in [2.75, 3.05) is 26.7 Å². The van der Waals surface area contributed by atoms with Crippen LogP contribution in [0.25, 0.3) is 11.5 Å². The smallest absolute Gasteiger partial charge is 0.407 e. The number of nitrogens with zero attached hydrogens (tertiary/aromatic N) is 3. The van der Waals surface area contributed by atoms with Gasteiger partial charge in [0.05, 0.1) is 11.7 Å². The number of ether oxygens (including phenoxy) is 1. The van der Waals surface area contributed by atoms with E-state index in [1.54, 1.807) is 13.3 Å². The fraction of sp³-hybridized carbons (Fsp3) is 0.522. The monoisotopic (exact) mass is 427 g/mol. The van der Waals surface area contributed by atoms with Gasteiger partial charge in [-0.05, 0) is 46.2 Å². The highest BCUT2D eigenvalue weighted by Gasteiger charge is 2.27. The largest absolute Gasteiger partial charge is 0.444 e. The van der Waals surface area contributed by atoms with Crippen molar-refractivity contribution in [3.8, 4) is 11.5 Å². The van der Waals surface area contributed by atoms with Gasteiger partial charge in [0, 0.05) is 38.7 Å². The number of likely N-dealkylation sites (tertiary alicyclic amines) is 1. The van der Waals surface area contributed by atoms with Crippen molar-refractivity contribution in [3.05, 3.63) is 41.8 Å². The summed E-state index contributed by atoms with van der Waals surface area (Å²) in [5.41, 5.74) is 2.57. The summed E-state index contributed by atoms with van der Waals surface area (Å²) in [5.74, 6) is 1.45. The molecule has 3 rings (SSSR count). The molecule has 0 radical (unpaired) electrons. The number of guanidine groups is 1. The van der Waals surface area contributed by atoms with Gasteiger partial charge in [-0.15, -0.1) is 0 Å². The molecule has 168 valence electrons. The first-order chi connectivity index (χ1) is 14.7. The maximum Gasteiger partial charge on any atom is 0.407 e. The molecular formula is C23H33N5O3. The Morgan fingerprint density at radius 1 is 1.32 bits per heavy atom. The highest BCUT2D eigenvalue weighted by atomic mass is 16.6. The summed E-state index contributed by atoms with van der Waals surface area (Å²) in [5, 5.41) is 6.32. The lowest BCUT2D eigenvalue weighted by Crippen LogP contribution is -2.44. The van der Waals surface area contributed by atoms with Crippen LogP contribution in [0, 0.1) is 6.92 Å².